The Labute approximate surface area is 181 Å². The summed E-state index contributed by atoms with van der Waals surface area (Å²) < 4.78 is 0. The van der Waals surface area contributed by atoms with Crippen LogP contribution in [-0.2, 0) is 4.79 Å². The van der Waals surface area contributed by atoms with Gasteiger partial charge in [0.05, 0.1) is 11.1 Å². The van der Waals surface area contributed by atoms with Crippen molar-refractivity contribution in [3.63, 3.8) is 0 Å². The van der Waals surface area contributed by atoms with E-state index in [1.807, 2.05) is 31.2 Å². The van der Waals surface area contributed by atoms with E-state index in [1.165, 1.54) is 0 Å². The van der Waals surface area contributed by atoms with E-state index in [2.05, 4.69) is 5.32 Å². The fourth-order valence-electron chi connectivity index (χ4n) is 4.05. The smallest absolute Gasteiger partial charge is 0.261 e. The molecule has 0 bridgehead atoms. The van der Waals surface area contributed by atoms with Gasteiger partial charge in [0.1, 0.15) is 0 Å². The molecular weight excluding hydrogens is 394 g/mol. The number of piperidine rings is 1. The van der Waals surface area contributed by atoms with E-state index in [1.54, 1.807) is 29.2 Å². The Balaban J connectivity index is 1.24. The number of aryl methyl sites for hydroxylation is 1. The lowest BCUT2D eigenvalue weighted by molar-refractivity contribution is -0.132. The Kier molecular flexibility index (Phi) is 5.84. The molecule has 0 atom stereocenters. The lowest BCUT2D eigenvalue weighted by Gasteiger charge is -2.32. The van der Waals surface area contributed by atoms with Crippen LogP contribution in [0, 0.1) is 6.92 Å². The molecule has 0 unspecified atom stereocenters. The number of carbonyl (C=O) groups is 4. The van der Waals surface area contributed by atoms with Gasteiger partial charge in [0, 0.05) is 37.7 Å². The van der Waals surface area contributed by atoms with Crippen LogP contribution >= 0.6 is 0 Å². The minimum Gasteiger partial charge on any atom is -0.349 e. The molecule has 4 rings (SSSR count). The molecule has 2 aromatic rings. The molecule has 2 aliphatic heterocycles. The van der Waals surface area contributed by atoms with Crippen LogP contribution < -0.4 is 5.32 Å². The van der Waals surface area contributed by atoms with E-state index in [0.29, 0.717) is 42.6 Å². The molecule has 0 spiro atoms. The number of fused-ring (bicyclic) bond motifs is 1. The second-order valence-corrected chi connectivity index (χ2v) is 8.05. The zero-order valence-electron chi connectivity index (χ0n) is 17.5. The first-order chi connectivity index (χ1) is 14.9. The third kappa shape index (κ3) is 4.35. The van der Waals surface area contributed by atoms with Gasteiger partial charge in [0.25, 0.3) is 17.7 Å². The van der Waals surface area contributed by atoms with Crippen LogP contribution in [0.2, 0.25) is 0 Å². The van der Waals surface area contributed by atoms with E-state index in [9.17, 15) is 19.2 Å². The summed E-state index contributed by atoms with van der Waals surface area (Å²) in [6.07, 6.45) is 1.46. The predicted octanol–water partition coefficient (Wildman–Crippen LogP) is 2.40. The molecule has 7 heteroatoms. The Morgan fingerprint density at radius 2 is 1.52 bits per heavy atom. The summed E-state index contributed by atoms with van der Waals surface area (Å²) in [5, 5.41) is 3.04. The van der Waals surface area contributed by atoms with Crippen molar-refractivity contribution >= 4 is 23.6 Å². The molecule has 1 N–H and O–H groups in total. The molecule has 0 aromatic heterocycles. The lowest BCUT2D eigenvalue weighted by atomic mass is 10.0. The summed E-state index contributed by atoms with van der Waals surface area (Å²) >= 11 is 0. The fraction of sp³-hybridized carbons (Fsp3) is 0.333. The Hall–Kier alpha value is -3.48. The van der Waals surface area contributed by atoms with Crippen LogP contribution in [0.1, 0.15) is 55.9 Å². The largest absolute Gasteiger partial charge is 0.349 e. The van der Waals surface area contributed by atoms with Gasteiger partial charge in [-0.05, 0) is 44.0 Å². The number of hydrogen-bond acceptors (Lipinski definition) is 4. The topological polar surface area (TPSA) is 86.8 Å². The maximum Gasteiger partial charge on any atom is 0.261 e. The first-order valence-corrected chi connectivity index (χ1v) is 10.5. The van der Waals surface area contributed by atoms with Crippen molar-refractivity contribution in [2.45, 2.75) is 32.2 Å². The van der Waals surface area contributed by atoms with Crippen LogP contribution in [0.15, 0.2) is 48.5 Å². The van der Waals surface area contributed by atoms with Crippen LogP contribution in [0.25, 0.3) is 0 Å². The molecule has 1 saturated heterocycles. The molecule has 2 aromatic carbocycles. The second-order valence-electron chi connectivity index (χ2n) is 8.05. The van der Waals surface area contributed by atoms with E-state index < -0.39 is 0 Å². The highest BCUT2D eigenvalue weighted by Gasteiger charge is 2.35. The summed E-state index contributed by atoms with van der Waals surface area (Å²) in [5.74, 6) is -0.868. The van der Waals surface area contributed by atoms with Gasteiger partial charge in [-0.25, -0.2) is 0 Å². The van der Waals surface area contributed by atoms with E-state index in [-0.39, 0.29) is 42.6 Å². The minimum absolute atomic E-state index is 0.0223. The first kappa shape index (κ1) is 20.8. The van der Waals surface area contributed by atoms with Gasteiger partial charge in [0.2, 0.25) is 5.91 Å². The summed E-state index contributed by atoms with van der Waals surface area (Å²) in [5.41, 5.74) is 2.52. The zero-order valence-corrected chi connectivity index (χ0v) is 17.5. The number of benzene rings is 2. The molecule has 0 aliphatic carbocycles. The summed E-state index contributed by atoms with van der Waals surface area (Å²) in [4.78, 5) is 52.7. The Bertz CT molecular complexity index is 988. The number of amides is 4. The van der Waals surface area contributed by atoms with E-state index in [0.717, 1.165) is 10.5 Å². The van der Waals surface area contributed by atoms with Crippen molar-refractivity contribution in [3.05, 3.63) is 70.8 Å². The average molecular weight is 419 g/mol. The Morgan fingerprint density at radius 3 is 2.10 bits per heavy atom. The van der Waals surface area contributed by atoms with Gasteiger partial charge in [0.15, 0.2) is 0 Å². The van der Waals surface area contributed by atoms with Gasteiger partial charge < -0.3 is 10.2 Å². The van der Waals surface area contributed by atoms with Gasteiger partial charge >= 0.3 is 0 Å². The van der Waals surface area contributed by atoms with Crippen LogP contribution in [0.3, 0.4) is 0 Å². The zero-order chi connectivity index (χ0) is 22.0. The van der Waals surface area contributed by atoms with Gasteiger partial charge in [-0.15, -0.1) is 0 Å². The van der Waals surface area contributed by atoms with Crippen molar-refractivity contribution in [1.29, 1.82) is 0 Å². The number of imide groups is 1. The molecule has 1 fully saturated rings. The number of nitrogens with zero attached hydrogens (tertiary/aromatic N) is 2. The van der Waals surface area contributed by atoms with E-state index in [4.69, 9.17) is 0 Å². The number of rotatable bonds is 5. The van der Waals surface area contributed by atoms with Gasteiger partial charge in [-0.2, -0.15) is 0 Å². The van der Waals surface area contributed by atoms with Crippen molar-refractivity contribution in [1.82, 2.24) is 15.1 Å². The minimum atomic E-state index is -0.342. The SMILES string of the molecule is Cc1ccc(C(=O)NC2CCN(C(=O)CCN3C(=O)c4ccccc4C3=O)CC2)cc1. The van der Waals surface area contributed by atoms with Gasteiger partial charge in [-0.3, -0.25) is 24.1 Å². The lowest BCUT2D eigenvalue weighted by Crippen LogP contribution is -2.47. The predicted molar refractivity (Wildman–Crippen MR) is 115 cm³/mol. The first-order valence-electron chi connectivity index (χ1n) is 10.5. The molecule has 4 amide bonds. The summed E-state index contributed by atoms with van der Waals surface area (Å²) in [6, 6.07) is 14.2. The molecule has 2 aliphatic rings. The quantitative estimate of drug-likeness (QED) is 0.754. The van der Waals surface area contributed by atoms with Crippen molar-refractivity contribution < 1.29 is 19.2 Å². The normalized spacial score (nSPS) is 16.4. The maximum atomic E-state index is 12.6. The van der Waals surface area contributed by atoms with Crippen LogP contribution in [-0.4, -0.2) is 59.1 Å². The third-order valence-electron chi connectivity index (χ3n) is 5.92. The third-order valence-corrected chi connectivity index (χ3v) is 5.92. The number of carbonyl (C=O) groups excluding carboxylic acids is 4. The van der Waals surface area contributed by atoms with Crippen molar-refractivity contribution in [3.8, 4) is 0 Å². The average Bonchev–Trinajstić information content (AvgIpc) is 3.03. The van der Waals surface area contributed by atoms with E-state index >= 15 is 0 Å². The fourth-order valence-corrected chi connectivity index (χ4v) is 4.05. The van der Waals surface area contributed by atoms with Crippen LogP contribution in [0.4, 0.5) is 0 Å². The molecular formula is C24H25N3O4. The van der Waals surface area contributed by atoms with Crippen LogP contribution in [0.5, 0.6) is 0 Å². The molecule has 7 nitrogen and oxygen atoms in total. The molecule has 31 heavy (non-hydrogen) atoms. The summed E-state index contributed by atoms with van der Waals surface area (Å²) in [6.45, 7) is 3.14. The molecule has 0 radical (unpaired) electrons. The van der Waals surface area contributed by atoms with Crippen molar-refractivity contribution in [2.24, 2.45) is 0 Å². The molecule has 2 heterocycles. The maximum absolute atomic E-state index is 12.6. The van der Waals surface area contributed by atoms with Crippen molar-refractivity contribution in [2.75, 3.05) is 19.6 Å². The second kappa shape index (κ2) is 8.71. The van der Waals surface area contributed by atoms with Gasteiger partial charge in [-0.1, -0.05) is 29.8 Å². The highest BCUT2D eigenvalue weighted by molar-refractivity contribution is 6.21. The highest BCUT2D eigenvalue weighted by atomic mass is 16.2. The molecule has 0 saturated carbocycles. The number of likely N-dealkylation sites (tertiary alicyclic amines) is 1. The Morgan fingerprint density at radius 1 is 0.935 bits per heavy atom. The number of nitrogens with one attached hydrogen (secondary N) is 1. The highest BCUT2D eigenvalue weighted by Crippen LogP contribution is 2.23. The number of hydrogen-bond donors (Lipinski definition) is 1. The summed E-state index contributed by atoms with van der Waals surface area (Å²) in [7, 11) is 0. The molecule has 160 valence electrons. The monoisotopic (exact) mass is 419 g/mol. The standard InChI is InChI=1S/C24H25N3O4/c1-16-6-8-17(9-7-16)22(29)25-18-10-13-26(14-11-18)21(28)12-15-27-23(30)19-4-2-3-5-20(19)24(27)31/h2-9,18H,10-15H2,1H3,(H,25,29).